The normalized spacial score (nSPS) is 17.6. The molecular formula is C28H30FN3O3. The summed E-state index contributed by atoms with van der Waals surface area (Å²) < 4.78 is 22.4. The highest BCUT2D eigenvalue weighted by molar-refractivity contribution is 5.96. The number of rotatable bonds is 7. The maximum atomic E-state index is 15.8. The number of aromatic nitrogens is 2. The van der Waals surface area contributed by atoms with Crippen molar-refractivity contribution in [2.75, 3.05) is 13.7 Å². The maximum Gasteiger partial charge on any atom is 0.341 e. The Bertz CT molecular complexity index is 1260. The molecule has 0 bridgehead atoms. The SMILES string of the molecule is CCCC1CCCN1C(=O)c1cccc(-c2cccc(-n3ncc(C(=O)OC)c3C3CC3)c2)c1F. The second-order valence-corrected chi connectivity index (χ2v) is 9.42. The van der Waals surface area contributed by atoms with Gasteiger partial charge in [0.2, 0.25) is 0 Å². The fraction of sp³-hybridized carbons (Fsp3) is 0.393. The average Bonchev–Trinajstić information content (AvgIpc) is 3.44. The second kappa shape index (κ2) is 9.64. The number of likely N-dealkylation sites (tertiary alicyclic amines) is 1. The molecule has 7 heteroatoms. The van der Waals surface area contributed by atoms with Crippen molar-refractivity contribution in [1.82, 2.24) is 14.7 Å². The molecule has 1 aromatic heterocycles. The van der Waals surface area contributed by atoms with E-state index >= 15 is 4.39 Å². The second-order valence-electron chi connectivity index (χ2n) is 9.42. The molecule has 1 saturated heterocycles. The number of methoxy groups -OCH3 is 1. The number of carbonyl (C=O) groups excluding carboxylic acids is 2. The first-order valence-electron chi connectivity index (χ1n) is 12.4. The molecule has 5 rings (SSSR count). The lowest BCUT2D eigenvalue weighted by Crippen LogP contribution is -2.36. The number of carbonyl (C=O) groups is 2. The van der Waals surface area contributed by atoms with Gasteiger partial charge in [-0.15, -0.1) is 0 Å². The molecule has 6 nitrogen and oxygen atoms in total. The molecule has 1 aliphatic carbocycles. The molecule has 2 aliphatic rings. The zero-order chi connectivity index (χ0) is 24.5. The van der Waals surface area contributed by atoms with E-state index in [9.17, 15) is 9.59 Å². The highest BCUT2D eigenvalue weighted by Gasteiger charge is 2.34. The van der Waals surface area contributed by atoms with Crippen LogP contribution >= 0.6 is 0 Å². The van der Waals surface area contributed by atoms with E-state index in [4.69, 9.17) is 4.74 Å². The van der Waals surface area contributed by atoms with Gasteiger partial charge in [-0.25, -0.2) is 13.9 Å². The zero-order valence-electron chi connectivity index (χ0n) is 20.2. The summed E-state index contributed by atoms with van der Waals surface area (Å²) in [5.74, 6) is -0.892. The largest absolute Gasteiger partial charge is 0.465 e. The van der Waals surface area contributed by atoms with Crippen molar-refractivity contribution in [3.8, 4) is 16.8 Å². The molecule has 0 spiro atoms. The summed E-state index contributed by atoms with van der Waals surface area (Å²) in [7, 11) is 1.36. The summed E-state index contributed by atoms with van der Waals surface area (Å²) in [6.45, 7) is 2.78. The van der Waals surface area contributed by atoms with E-state index in [1.165, 1.54) is 13.3 Å². The molecule has 2 aromatic carbocycles. The number of halogens is 1. The van der Waals surface area contributed by atoms with E-state index < -0.39 is 11.8 Å². The van der Waals surface area contributed by atoms with Crippen molar-refractivity contribution in [2.45, 2.75) is 57.4 Å². The van der Waals surface area contributed by atoms with Crippen LogP contribution in [0.4, 0.5) is 4.39 Å². The molecular weight excluding hydrogens is 445 g/mol. The van der Waals surface area contributed by atoms with Gasteiger partial charge in [-0.3, -0.25) is 4.79 Å². The molecule has 0 radical (unpaired) electrons. The van der Waals surface area contributed by atoms with Gasteiger partial charge in [0.1, 0.15) is 11.4 Å². The van der Waals surface area contributed by atoms with Crippen LogP contribution in [0.2, 0.25) is 0 Å². The lowest BCUT2D eigenvalue weighted by molar-refractivity contribution is 0.0598. The summed E-state index contributed by atoms with van der Waals surface area (Å²) in [6, 6.07) is 12.6. The predicted octanol–water partition coefficient (Wildman–Crippen LogP) is 5.75. The van der Waals surface area contributed by atoms with Crippen LogP contribution in [0.5, 0.6) is 0 Å². The average molecular weight is 476 g/mol. The quantitative estimate of drug-likeness (QED) is 0.408. The Morgan fingerprint density at radius 3 is 2.66 bits per heavy atom. The lowest BCUT2D eigenvalue weighted by Gasteiger charge is -2.25. The van der Waals surface area contributed by atoms with Gasteiger partial charge in [0.15, 0.2) is 0 Å². The van der Waals surface area contributed by atoms with Gasteiger partial charge in [0, 0.05) is 24.1 Å². The molecule has 2 fully saturated rings. The summed E-state index contributed by atoms with van der Waals surface area (Å²) in [5, 5.41) is 4.46. The van der Waals surface area contributed by atoms with Crippen LogP contribution in [0, 0.1) is 5.82 Å². The number of amides is 1. The van der Waals surface area contributed by atoms with Crippen LogP contribution < -0.4 is 0 Å². The van der Waals surface area contributed by atoms with E-state index in [1.54, 1.807) is 22.9 Å². The van der Waals surface area contributed by atoms with Crippen LogP contribution in [0.3, 0.4) is 0 Å². The zero-order valence-corrected chi connectivity index (χ0v) is 20.2. The summed E-state index contributed by atoms with van der Waals surface area (Å²) in [5.41, 5.74) is 3.16. The van der Waals surface area contributed by atoms with E-state index in [-0.39, 0.29) is 23.4 Å². The van der Waals surface area contributed by atoms with Crippen molar-refractivity contribution in [2.24, 2.45) is 0 Å². The Labute approximate surface area is 204 Å². The molecule has 1 unspecified atom stereocenters. The number of hydrogen-bond donors (Lipinski definition) is 0. The summed E-state index contributed by atoms with van der Waals surface area (Å²) in [6.07, 6.45) is 7.39. The van der Waals surface area contributed by atoms with Crippen molar-refractivity contribution >= 4 is 11.9 Å². The minimum absolute atomic E-state index is 0.113. The molecule has 1 atom stereocenters. The van der Waals surface area contributed by atoms with Crippen LogP contribution in [0.1, 0.15) is 77.8 Å². The van der Waals surface area contributed by atoms with Gasteiger partial charge in [0.25, 0.3) is 5.91 Å². The summed E-state index contributed by atoms with van der Waals surface area (Å²) in [4.78, 5) is 27.4. The fourth-order valence-electron chi connectivity index (χ4n) is 5.20. The van der Waals surface area contributed by atoms with Crippen LogP contribution in [-0.2, 0) is 4.74 Å². The molecule has 1 amide bonds. The van der Waals surface area contributed by atoms with E-state index in [2.05, 4.69) is 12.0 Å². The maximum absolute atomic E-state index is 15.8. The van der Waals surface area contributed by atoms with E-state index in [0.29, 0.717) is 23.2 Å². The monoisotopic (exact) mass is 475 g/mol. The Morgan fingerprint density at radius 2 is 1.91 bits per heavy atom. The number of benzene rings is 2. The minimum atomic E-state index is -0.505. The van der Waals surface area contributed by atoms with Gasteiger partial charge in [-0.05, 0) is 55.9 Å². The minimum Gasteiger partial charge on any atom is -0.465 e. The van der Waals surface area contributed by atoms with Gasteiger partial charge in [-0.1, -0.05) is 37.6 Å². The fourth-order valence-corrected chi connectivity index (χ4v) is 5.20. The summed E-state index contributed by atoms with van der Waals surface area (Å²) >= 11 is 0. The molecule has 1 saturated carbocycles. The van der Waals surface area contributed by atoms with Crippen molar-refractivity contribution < 1.29 is 18.7 Å². The third-order valence-electron chi connectivity index (χ3n) is 7.07. The van der Waals surface area contributed by atoms with Crippen LogP contribution in [0.15, 0.2) is 48.7 Å². The molecule has 35 heavy (non-hydrogen) atoms. The van der Waals surface area contributed by atoms with E-state index in [1.807, 2.05) is 29.2 Å². The Kier molecular flexibility index (Phi) is 6.41. The first-order valence-corrected chi connectivity index (χ1v) is 12.4. The van der Waals surface area contributed by atoms with Crippen molar-refractivity contribution in [3.05, 3.63) is 71.3 Å². The standard InChI is InChI=1S/C28H30FN3O3/c1-3-7-20-10-6-15-31(20)27(33)23-12-5-11-22(25(23)29)19-8-4-9-21(16-19)32-26(18-13-14-18)24(17-30-32)28(34)35-2/h4-5,8-9,11-12,16-18,20H,3,6-7,10,13-15H2,1-2H3. The van der Waals surface area contributed by atoms with Crippen molar-refractivity contribution in [3.63, 3.8) is 0 Å². The Hall–Kier alpha value is -3.48. The number of hydrogen-bond acceptors (Lipinski definition) is 4. The first-order chi connectivity index (χ1) is 17.0. The molecule has 0 N–H and O–H groups in total. The smallest absolute Gasteiger partial charge is 0.341 e. The lowest BCUT2D eigenvalue weighted by atomic mass is 10.0. The van der Waals surface area contributed by atoms with E-state index in [0.717, 1.165) is 49.9 Å². The Balaban J connectivity index is 1.50. The molecule has 1 aliphatic heterocycles. The highest BCUT2D eigenvalue weighted by Crippen LogP contribution is 2.43. The number of esters is 1. The van der Waals surface area contributed by atoms with Gasteiger partial charge in [-0.2, -0.15) is 5.10 Å². The van der Waals surface area contributed by atoms with Gasteiger partial charge >= 0.3 is 5.97 Å². The van der Waals surface area contributed by atoms with Gasteiger partial charge in [0.05, 0.1) is 30.3 Å². The number of nitrogens with zero attached hydrogens (tertiary/aromatic N) is 3. The van der Waals surface area contributed by atoms with Crippen molar-refractivity contribution in [1.29, 1.82) is 0 Å². The molecule has 3 aromatic rings. The van der Waals surface area contributed by atoms with Crippen LogP contribution in [0.25, 0.3) is 16.8 Å². The van der Waals surface area contributed by atoms with Gasteiger partial charge < -0.3 is 9.64 Å². The third kappa shape index (κ3) is 4.35. The predicted molar refractivity (Wildman–Crippen MR) is 131 cm³/mol. The topological polar surface area (TPSA) is 64.4 Å². The van der Waals surface area contributed by atoms with Crippen LogP contribution in [-0.4, -0.2) is 46.3 Å². The highest BCUT2D eigenvalue weighted by atomic mass is 19.1. The third-order valence-corrected chi connectivity index (χ3v) is 7.07. The first kappa shape index (κ1) is 23.3. The molecule has 2 heterocycles. The molecule has 182 valence electrons. The Morgan fingerprint density at radius 1 is 1.11 bits per heavy atom. The number of ether oxygens (including phenoxy) is 1.